The highest BCUT2D eigenvalue weighted by atomic mass is 31.1. The average molecular weight is 266 g/mol. The van der Waals surface area contributed by atoms with Crippen molar-refractivity contribution in [2.75, 3.05) is 0 Å². The lowest BCUT2D eigenvalue weighted by molar-refractivity contribution is 0.320. The van der Waals surface area contributed by atoms with Gasteiger partial charge >= 0.3 is 0 Å². The second kappa shape index (κ2) is 3.93. The van der Waals surface area contributed by atoms with Gasteiger partial charge in [-0.15, -0.1) is 0 Å². The van der Waals surface area contributed by atoms with Crippen molar-refractivity contribution in [2.45, 2.75) is 25.9 Å². The van der Waals surface area contributed by atoms with E-state index in [1.54, 1.807) is 10.9 Å². The van der Waals surface area contributed by atoms with Gasteiger partial charge in [0.1, 0.15) is 0 Å². The molecular formula is C18H19P. The van der Waals surface area contributed by atoms with Crippen LogP contribution in [0.4, 0.5) is 0 Å². The van der Waals surface area contributed by atoms with Crippen LogP contribution >= 0.6 is 7.92 Å². The first kappa shape index (κ1) is 11.7. The molecule has 1 aliphatic carbocycles. The summed E-state index contributed by atoms with van der Waals surface area (Å²) in [4.78, 5) is 0. The summed E-state index contributed by atoms with van der Waals surface area (Å²) in [5.74, 6) is 3.41. The Morgan fingerprint density at radius 1 is 1.21 bits per heavy atom. The molecule has 1 heteroatoms. The van der Waals surface area contributed by atoms with Crippen molar-refractivity contribution in [1.29, 1.82) is 0 Å². The predicted octanol–water partition coefficient (Wildman–Crippen LogP) is 5.39. The molecule has 4 atom stereocenters. The van der Waals surface area contributed by atoms with Gasteiger partial charge in [0, 0.05) is 11.1 Å². The molecule has 0 radical (unpaired) electrons. The summed E-state index contributed by atoms with van der Waals surface area (Å²) in [6.07, 6.45) is 8.77. The van der Waals surface area contributed by atoms with E-state index in [4.69, 9.17) is 0 Å². The van der Waals surface area contributed by atoms with E-state index < -0.39 is 0 Å². The molecule has 1 aromatic rings. The lowest BCUT2D eigenvalue weighted by Crippen LogP contribution is -2.38. The quantitative estimate of drug-likeness (QED) is 0.472. The smallest absolute Gasteiger partial charge is 0.0113 e. The van der Waals surface area contributed by atoms with Gasteiger partial charge in [0.25, 0.3) is 0 Å². The van der Waals surface area contributed by atoms with Crippen LogP contribution in [0.3, 0.4) is 0 Å². The van der Waals surface area contributed by atoms with E-state index in [1.165, 1.54) is 12.0 Å². The first-order valence-corrected chi connectivity index (χ1v) is 8.60. The van der Waals surface area contributed by atoms with E-state index in [0.29, 0.717) is 0 Å². The highest BCUT2D eigenvalue weighted by Crippen LogP contribution is 2.72. The van der Waals surface area contributed by atoms with E-state index in [-0.39, 0.29) is 13.3 Å². The van der Waals surface area contributed by atoms with Crippen LogP contribution in [0.2, 0.25) is 0 Å². The molecule has 4 unspecified atom stereocenters. The van der Waals surface area contributed by atoms with E-state index >= 15 is 0 Å². The van der Waals surface area contributed by atoms with E-state index in [0.717, 1.165) is 11.6 Å². The lowest BCUT2D eigenvalue weighted by atomic mass is 9.69. The zero-order chi connectivity index (χ0) is 13.0. The van der Waals surface area contributed by atoms with Gasteiger partial charge in [-0.1, -0.05) is 66.9 Å². The Labute approximate surface area is 116 Å². The predicted molar refractivity (Wildman–Crippen MR) is 84.2 cm³/mol. The molecule has 19 heavy (non-hydrogen) atoms. The minimum absolute atomic E-state index is 0.143. The van der Waals surface area contributed by atoms with Gasteiger partial charge < -0.3 is 0 Å². The molecule has 0 fully saturated rings. The topological polar surface area (TPSA) is 0 Å². The standard InChI is InChI=1S/C18H19P/c1-13-12-19-16-10-6-9-15(16)18(13,2)11-17(19)14-7-4-3-5-8-14/h3-8,10-12,15-16H,9H2,1-2H3. The van der Waals surface area contributed by atoms with Crippen molar-refractivity contribution in [3.05, 3.63) is 65.5 Å². The molecule has 96 valence electrons. The SMILES string of the molecule is CC1=CP2C(c3ccccc3)=CC1(C)C1CC=CC12. The Balaban J connectivity index is 1.88. The summed E-state index contributed by atoms with van der Waals surface area (Å²) in [6, 6.07) is 11.0. The Morgan fingerprint density at radius 2 is 2.00 bits per heavy atom. The average Bonchev–Trinajstić information content (AvgIpc) is 2.93. The highest BCUT2D eigenvalue weighted by molar-refractivity contribution is 7.72. The van der Waals surface area contributed by atoms with Crippen LogP contribution in [-0.4, -0.2) is 5.66 Å². The minimum atomic E-state index is -0.143. The third-order valence-electron chi connectivity index (χ3n) is 5.19. The third-order valence-corrected chi connectivity index (χ3v) is 7.98. The van der Waals surface area contributed by atoms with Crippen molar-refractivity contribution < 1.29 is 0 Å². The molecule has 0 nitrogen and oxygen atoms in total. The molecule has 0 N–H and O–H groups in total. The Morgan fingerprint density at radius 3 is 2.79 bits per heavy atom. The fourth-order valence-corrected chi connectivity index (χ4v) is 7.22. The summed E-state index contributed by atoms with van der Waals surface area (Å²) in [7, 11) is -0.143. The Hall–Kier alpha value is -1.13. The van der Waals surface area contributed by atoms with Gasteiger partial charge in [-0.3, -0.25) is 0 Å². The molecule has 0 saturated carbocycles. The number of hydrogen-bond acceptors (Lipinski definition) is 0. The lowest BCUT2D eigenvalue weighted by Gasteiger charge is -2.50. The number of allylic oxidation sites excluding steroid dienone is 4. The Bertz CT molecular complexity index is 608. The molecule has 5 rings (SSSR count). The van der Waals surface area contributed by atoms with Crippen molar-refractivity contribution >= 4 is 13.2 Å². The van der Waals surface area contributed by atoms with Gasteiger partial charge in [0.05, 0.1) is 0 Å². The molecule has 3 aliphatic heterocycles. The summed E-state index contributed by atoms with van der Waals surface area (Å²) < 4.78 is 0. The molecule has 1 aromatic carbocycles. The van der Waals surface area contributed by atoms with E-state index in [9.17, 15) is 0 Å². The van der Waals surface area contributed by atoms with Crippen molar-refractivity contribution in [3.8, 4) is 0 Å². The molecule has 0 aromatic heterocycles. The molecule has 0 saturated heterocycles. The zero-order valence-corrected chi connectivity index (χ0v) is 12.4. The monoisotopic (exact) mass is 266 g/mol. The first-order valence-electron chi connectivity index (χ1n) is 7.12. The minimum Gasteiger partial charge on any atom is -0.0875 e. The van der Waals surface area contributed by atoms with Gasteiger partial charge in [0.15, 0.2) is 0 Å². The maximum atomic E-state index is 2.59. The van der Waals surface area contributed by atoms with Gasteiger partial charge in [-0.25, -0.2) is 0 Å². The first-order chi connectivity index (χ1) is 9.20. The molecule has 0 amide bonds. The van der Waals surface area contributed by atoms with Crippen molar-refractivity contribution in [1.82, 2.24) is 0 Å². The summed E-state index contributed by atoms with van der Waals surface area (Å²) >= 11 is 0. The number of benzene rings is 1. The van der Waals surface area contributed by atoms with Gasteiger partial charge in [0.2, 0.25) is 0 Å². The maximum absolute atomic E-state index is 2.59. The largest absolute Gasteiger partial charge is 0.0875 e. The summed E-state index contributed by atoms with van der Waals surface area (Å²) in [6.45, 7) is 4.78. The van der Waals surface area contributed by atoms with E-state index in [2.05, 4.69) is 68.2 Å². The van der Waals surface area contributed by atoms with Crippen molar-refractivity contribution in [2.24, 2.45) is 11.3 Å². The second-order valence-electron chi connectivity index (χ2n) is 6.16. The van der Waals surface area contributed by atoms with Crippen LogP contribution in [-0.2, 0) is 0 Å². The van der Waals surface area contributed by atoms with Gasteiger partial charge in [-0.2, -0.15) is 0 Å². The van der Waals surface area contributed by atoms with E-state index in [1.807, 2.05) is 0 Å². The fraction of sp³-hybridized carbons (Fsp3) is 0.333. The van der Waals surface area contributed by atoms with Gasteiger partial charge in [-0.05, 0) is 38.1 Å². The van der Waals surface area contributed by atoms with Crippen LogP contribution in [0, 0.1) is 11.3 Å². The molecule has 3 heterocycles. The number of hydrogen-bond donors (Lipinski definition) is 0. The molecule has 0 spiro atoms. The second-order valence-corrected chi connectivity index (χ2v) is 8.31. The summed E-state index contributed by atoms with van der Waals surface area (Å²) in [5.41, 5.74) is 4.09. The van der Waals surface area contributed by atoms with Crippen LogP contribution in [0.1, 0.15) is 25.8 Å². The number of rotatable bonds is 1. The van der Waals surface area contributed by atoms with Crippen LogP contribution < -0.4 is 0 Å². The fourth-order valence-electron chi connectivity index (χ4n) is 3.90. The van der Waals surface area contributed by atoms with Crippen LogP contribution in [0.15, 0.2) is 60.0 Å². The zero-order valence-electron chi connectivity index (χ0n) is 11.5. The molecule has 2 bridgehead atoms. The summed E-state index contributed by atoms with van der Waals surface area (Å²) in [5, 5.41) is 1.61. The van der Waals surface area contributed by atoms with Crippen molar-refractivity contribution in [3.63, 3.8) is 0 Å². The maximum Gasteiger partial charge on any atom is 0.0113 e. The highest BCUT2D eigenvalue weighted by Gasteiger charge is 2.50. The third kappa shape index (κ3) is 1.50. The molecular weight excluding hydrogens is 247 g/mol. The normalized spacial score (nSPS) is 38.9. The van der Waals surface area contributed by atoms with Crippen LogP contribution in [0.25, 0.3) is 5.31 Å². The Kier molecular flexibility index (Phi) is 2.42. The molecule has 4 aliphatic rings. The van der Waals surface area contributed by atoms with Crippen LogP contribution in [0.5, 0.6) is 0 Å².